The van der Waals surface area contributed by atoms with Crippen LogP contribution >= 0.6 is 0 Å². The molecule has 1 N–H and O–H groups in total. The van der Waals surface area contributed by atoms with Gasteiger partial charge in [0.15, 0.2) is 0 Å². The average molecular weight is 284 g/mol. The summed E-state index contributed by atoms with van der Waals surface area (Å²) in [5.41, 5.74) is -0.569. The lowest BCUT2D eigenvalue weighted by Crippen LogP contribution is -2.63. The van der Waals surface area contributed by atoms with Crippen LogP contribution in [-0.4, -0.2) is 62.4 Å². The van der Waals surface area contributed by atoms with E-state index >= 15 is 0 Å². The fraction of sp³-hybridized carbons (Fsp3) is 0.933. The third-order valence-corrected chi connectivity index (χ3v) is 4.40. The molecule has 1 heterocycles. The number of esters is 1. The molecule has 1 aliphatic carbocycles. The Morgan fingerprint density at radius 2 is 2.15 bits per heavy atom. The summed E-state index contributed by atoms with van der Waals surface area (Å²) >= 11 is 0. The van der Waals surface area contributed by atoms with Gasteiger partial charge in [-0.3, -0.25) is 10.2 Å². The Labute approximate surface area is 122 Å². The number of carbonyl (C=O) groups is 1. The Hall–Kier alpha value is -0.650. The number of methoxy groups -OCH3 is 1. The molecule has 5 nitrogen and oxygen atoms in total. The average Bonchev–Trinajstić information content (AvgIpc) is 3.11. The predicted octanol–water partition coefficient (Wildman–Crippen LogP) is 1.03. The Morgan fingerprint density at radius 3 is 2.60 bits per heavy atom. The lowest BCUT2D eigenvalue weighted by molar-refractivity contribution is -0.151. The molecule has 2 unspecified atom stereocenters. The molecule has 2 rings (SSSR count). The van der Waals surface area contributed by atoms with E-state index in [4.69, 9.17) is 9.47 Å². The molecule has 0 bridgehead atoms. The zero-order valence-electron chi connectivity index (χ0n) is 13.1. The SMILES string of the molecule is COC(=O)C(CN(C)C1CCOC1)(NC(C)C)C1CC1. The maximum atomic E-state index is 12.5. The molecule has 1 saturated heterocycles. The highest BCUT2D eigenvalue weighted by Crippen LogP contribution is 2.41. The van der Waals surface area contributed by atoms with Crippen LogP contribution in [-0.2, 0) is 14.3 Å². The van der Waals surface area contributed by atoms with E-state index in [-0.39, 0.29) is 12.0 Å². The van der Waals surface area contributed by atoms with E-state index in [2.05, 4.69) is 31.1 Å². The number of rotatable bonds is 7. The monoisotopic (exact) mass is 284 g/mol. The number of hydrogen-bond acceptors (Lipinski definition) is 5. The highest BCUT2D eigenvalue weighted by atomic mass is 16.5. The Morgan fingerprint density at radius 1 is 1.45 bits per heavy atom. The second kappa shape index (κ2) is 6.41. The molecule has 0 amide bonds. The number of carbonyl (C=O) groups excluding carboxylic acids is 1. The van der Waals surface area contributed by atoms with E-state index in [1.54, 1.807) is 0 Å². The molecule has 0 aromatic carbocycles. The van der Waals surface area contributed by atoms with Gasteiger partial charge in [0.2, 0.25) is 0 Å². The van der Waals surface area contributed by atoms with Gasteiger partial charge >= 0.3 is 5.97 Å². The molecule has 116 valence electrons. The first kappa shape index (κ1) is 15.7. The Bertz CT molecular complexity index is 338. The third kappa shape index (κ3) is 3.32. The van der Waals surface area contributed by atoms with Crippen LogP contribution in [0, 0.1) is 5.92 Å². The number of nitrogens with zero attached hydrogens (tertiary/aromatic N) is 1. The first-order valence-electron chi connectivity index (χ1n) is 7.63. The van der Waals surface area contributed by atoms with Crippen molar-refractivity contribution in [2.24, 2.45) is 5.92 Å². The number of ether oxygens (including phenoxy) is 2. The Kier molecular flexibility index (Phi) is 5.04. The van der Waals surface area contributed by atoms with Crippen LogP contribution in [0.5, 0.6) is 0 Å². The first-order chi connectivity index (χ1) is 9.49. The highest BCUT2D eigenvalue weighted by molar-refractivity contribution is 5.82. The van der Waals surface area contributed by atoms with Gasteiger partial charge in [-0.05, 0) is 46.1 Å². The molecular formula is C15H28N2O3. The van der Waals surface area contributed by atoms with Crippen LogP contribution in [0.25, 0.3) is 0 Å². The molecule has 20 heavy (non-hydrogen) atoms. The van der Waals surface area contributed by atoms with Crippen molar-refractivity contribution in [1.82, 2.24) is 10.2 Å². The quantitative estimate of drug-likeness (QED) is 0.708. The minimum atomic E-state index is -0.569. The molecule has 5 heteroatoms. The van der Waals surface area contributed by atoms with Crippen LogP contribution in [0.15, 0.2) is 0 Å². The summed E-state index contributed by atoms with van der Waals surface area (Å²) in [6.45, 7) is 6.44. The lowest BCUT2D eigenvalue weighted by atomic mass is 9.90. The first-order valence-corrected chi connectivity index (χ1v) is 7.63. The van der Waals surface area contributed by atoms with E-state index in [0.29, 0.717) is 18.5 Å². The van der Waals surface area contributed by atoms with Gasteiger partial charge in [-0.2, -0.15) is 0 Å². The van der Waals surface area contributed by atoms with E-state index in [1.165, 1.54) is 7.11 Å². The van der Waals surface area contributed by atoms with Crippen LogP contribution in [0.3, 0.4) is 0 Å². The molecular weight excluding hydrogens is 256 g/mol. The van der Waals surface area contributed by atoms with Crippen LogP contribution in [0.2, 0.25) is 0 Å². The second-order valence-electron chi connectivity index (χ2n) is 6.47. The fourth-order valence-corrected chi connectivity index (χ4v) is 3.25. The van der Waals surface area contributed by atoms with Gasteiger partial charge < -0.3 is 9.47 Å². The van der Waals surface area contributed by atoms with Crippen molar-refractivity contribution < 1.29 is 14.3 Å². The van der Waals surface area contributed by atoms with Crippen molar-refractivity contribution in [1.29, 1.82) is 0 Å². The molecule has 0 radical (unpaired) electrons. The van der Waals surface area contributed by atoms with Crippen LogP contribution in [0.1, 0.15) is 33.1 Å². The minimum Gasteiger partial charge on any atom is -0.468 e. The summed E-state index contributed by atoms with van der Waals surface area (Å²) in [7, 11) is 3.57. The van der Waals surface area contributed by atoms with Crippen molar-refractivity contribution in [3.63, 3.8) is 0 Å². The molecule has 0 aromatic heterocycles. The summed E-state index contributed by atoms with van der Waals surface area (Å²) in [5, 5.41) is 3.50. The van der Waals surface area contributed by atoms with Crippen molar-refractivity contribution in [2.45, 2.75) is 50.7 Å². The third-order valence-electron chi connectivity index (χ3n) is 4.40. The van der Waals surface area contributed by atoms with Gasteiger partial charge in [0, 0.05) is 25.2 Å². The maximum Gasteiger partial charge on any atom is 0.327 e. The lowest BCUT2D eigenvalue weighted by Gasteiger charge is -2.39. The zero-order chi connectivity index (χ0) is 14.8. The maximum absolute atomic E-state index is 12.5. The van der Waals surface area contributed by atoms with Crippen LogP contribution < -0.4 is 5.32 Å². The molecule has 1 aliphatic heterocycles. The number of hydrogen-bond donors (Lipinski definition) is 1. The van der Waals surface area contributed by atoms with Gasteiger partial charge in [-0.25, -0.2) is 4.79 Å². The van der Waals surface area contributed by atoms with Crippen molar-refractivity contribution in [3.8, 4) is 0 Å². The molecule has 0 aromatic rings. The normalized spacial score (nSPS) is 26.0. The van der Waals surface area contributed by atoms with Crippen molar-refractivity contribution in [3.05, 3.63) is 0 Å². The molecule has 2 atom stereocenters. The number of nitrogens with one attached hydrogen (secondary N) is 1. The summed E-state index contributed by atoms with van der Waals surface area (Å²) in [6.07, 6.45) is 3.24. The topological polar surface area (TPSA) is 50.8 Å². The smallest absolute Gasteiger partial charge is 0.327 e. The van der Waals surface area contributed by atoms with Crippen molar-refractivity contribution in [2.75, 3.05) is 33.9 Å². The second-order valence-corrected chi connectivity index (χ2v) is 6.47. The summed E-state index contributed by atoms with van der Waals surface area (Å²) < 4.78 is 10.6. The van der Waals surface area contributed by atoms with Gasteiger partial charge in [0.25, 0.3) is 0 Å². The minimum absolute atomic E-state index is 0.125. The predicted molar refractivity (Wildman–Crippen MR) is 77.6 cm³/mol. The van der Waals surface area contributed by atoms with E-state index < -0.39 is 5.54 Å². The van der Waals surface area contributed by atoms with E-state index in [1.807, 2.05) is 0 Å². The van der Waals surface area contributed by atoms with Crippen molar-refractivity contribution >= 4 is 5.97 Å². The molecule has 1 saturated carbocycles. The van der Waals surface area contributed by atoms with Crippen LogP contribution in [0.4, 0.5) is 0 Å². The highest BCUT2D eigenvalue weighted by Gasteiger charge is 2.53. The van der Waals surface area contributed by atoms with Gasteiger partial charge in [0.05, 0.1) is 13.7 Å². The largest absolute Gasteiger partial charge is 0.468 e. The summed E-state index contributed by atoms with van der Waals surface area (Å²) in [6, 6.07) is 0.662. The number of likely N-dealkylation sites (N-methyl/N-ethyl adjacent to an activating group) is 1. The molecule has 2 aliphatic rings. The van der Waals surface area contributed by atoms with Gasteiger partial charge in [-0.1, -0.05) is 0 Å². The zero-order valence-corrected chi connectivity index (χ0v) is 13.1. The van der Waals surface area contributed by atoms with Gasteiger partial charge in [0.1, 0.15) is 5.54 Å². The Balaban J connectivity index is 2.13. The van der Waals surface area contributed by atoms with E-state index in [9.17, 15) is 4.79 Å². The molecule has 0 spiro atoms. The fourth-order valence-electron chi connectivity index (χ4n) is 3.25. The standard InChI is InChI=1S/C15H28N2O3/c1-11(2)16-15(12-5-6-12,14(18)19-4)10-17(3)13-7-8-20-9-13/h11-13,16H,5-10H2,1-4H3. The van der Waals surface area contributed by atoms with Gasteiger partial charge in [-0.15, -0.1) is 0 Å². The molecule has 2 fully saturated rings. The summed E-state index contributed by atoms with van der Waals surface area (Å²) in [5.74, 6) is 0.265. The summed E-state index contributed by atoms with van der Waals surface area (Å²) in [4.78, 5) is 14.7. The van der Waals surface area contributed by atoms with E-state index in [0.717, 1.165) is 32.5 Å².